The number of nitrogens with zero attached hydrogens (tertiary/aromatic N) is 1. The molecule has 3 nitrogen and oxygen atoms in total. The lowest BCUT2D eigenvalue weighted by Crippen LogP contribution is -2.29. The normalized spacial score (nSPS) is 23.7. The molecule has 0 aliphatic carbocycles. The molecule has 4 heteroatoms. The molecule has 0 spiro atoms. The van der Waals surface area contributed by atoms with Crippen molar-refractivity contribution in [3.63, 3.8) is 0 Å². The van der Waals surface area contributed by atoms with Crippen LogP contribution in [-0.2, 0) is 6.42 Å². The molecule has 0 amide bonds. The molecule has 17 heavy (non-hydrogen) atoms. The van der Waals surface area contributed by atoms with E-state index in [1.54, 1.807) is 6.92 Å². The average molecular weight is 234 g/mol. The lowest BCUT2D eigenvalue weighted by Gasteiger charge is -2.21. The van der Waals surface area contributed by atoms with E-state index in [-0.39, 0.29) is 18.3 Å². The van der Waals surface area contributed by atoms with Gasteiger partial charge in [-0.2, -0.15) is 5.26 Å². The monoisotopic (exact) mass is 234 g/mol. The number of halogens is 1. The van der Waals surface area contributed by atoms with Crippen LogP contribution < -0.4 is 10.5 Å². The van der Waals surface area contributed by atoms with Gasteiger partial charge >= 0.3 is 0 Å². The molecule has 2 rings (SSSR count). The van der Waals surface area contributed by atoms with Crippen LogP contribution >= 0.6 is 0 Å². The van der Waals surface area contributed by atoms with E-state index >= 15 is 0 Å². The molecule has 1 aromatic carbocycles. The second-order valence-electron chi connectivity index (χ2n) is 4.84. The Labute approximate surface area is 100.0 Å². The molecule has 1 aromatic rings. The Morgan fingerprint density at radius 1 is 1.65 bits per heavy atom. The van der Waals surface area contributed by atoms with Crippen molar-refractivity contribution < 1.29 is 9.13 Å². The van der Waals surface area contributed by atoms with E-state index < -0.39 is 5.60 Å². The summed E-state index contributed by atoms with van der Waals surface area (Å²) in [7, 11) is 0. The van der Waals surface area contributed by atoms with Crippen molar-refractivity contribution in [3.8, 4) is 11.8 Å². The summed E-state index contributed by atoms with van der Waals surface area (Å²) in [4.78, 5) is 0. The fourth-order valence-corrected chi connectivity index (χ4v) is 2.22. The van der Waals surface area contributed by atoms with E-state index in [9.17, 15) is 4.39 Å². The number of hydrogen-bond acceptors (Lipinski definition) is 3. The fourth-order valence-electron chi connectivity index (χ4n) is 2.22. The molecule has 0 bridgehead atoms. The van der Waals surface area contributed by atoms with Crippen LogP contribution in [0.25, 0.3) is 0 Å². The van der Waals surface area contributed by atoms with Crippen molar-refractivity contribution in [2.45, 2.75) is 38.3 Å². The predicted octanol–water partition coefficient (Wildman–Crippen LogP) is 2.45. The van der Waals surface area contributed by atoms with Crippen molar-refractivity contribution in [2.75, 3.05) is 0 Å². The molecule has 0 saturated heterocycles. The second-order valence-corrected chi connectivity index (χ2v) is 4.84. The summed E-state index contributed by atoms with van der Waals surface area (Å²) in [6.45, 7) is 3.65. The minimum Gasteiger partial charge on any atom is -0.486 e. The number of nitrogens with two attached hydrogens (primary N) is 1. The highest BCUT2D eigenvalue weighted by atomic mass is 19.1. The molecule has 1 aliphatic rings. The summed E-state index contributed by atoms with van der Waals surface area (Å²) < 4.78 is 19.3. The first-order valence-corrected chi connectivity index (χ1v) is 5.59. The summed E-state index contributed by atoms with van der Waals surface area (Å²) in [6.07, 6.45) is 0.828. The topological polar surface area (TPSA) is 59.0 Å². The number of fused-ring (bicyclic) bond motifs is 1. The maximum atomic E-state index is 13.4. The Morgan fingerprint density at radius 3 is 2.94 bits per heavy atom. The lowest BCUT2D eigenvalue weighted by molar-refractivity contribution is 0.120. The Balaban J connectivity index is 2.45. The van der Waals surface area contributed by atoms with Crippen LogP contribution in [0.1, 0.15) is 37.4 Å². The van der Waals surface area contributed by atoms with Gasteiger partial charge in [0, 0.05) is 23.6 Å². The number of nitriles is 1. The first-order valence-electron chi connectivity index (χ1n) is 5.59. The van der Waals surface area contributed by atoms with Gasteiger partial charge in [-0.1, -0.05) is 0 Å². The average Bonchev–Trinajstić information content (AvgIpc) is 2.53. The molecule has 0 fully saturated rings. The van der Waals surface area contributed by atoms with Gasteiger partial charge in [0.15, 0.2) is 0 Å². The zero-order chi connectivity index (χ0) is 12.6. The van der Waals surface area contributed by atoms with Gasteiger partial charge in [0.25, 0.3) is 0 Å². The molecule has 2 atom stereocenters. The fraction of sp³-hybridized carbons (Fsp3) is 0.462. The third-order valence-electron chi connectivity index (χ3n) is 3.02. The van der Waals surface area contributed by atoms with E-state index in [1.165, 1.54) is 12.1 Å². The summed E-state index contributed by atoms with van der Waals surface area (Å²) >= 11 is 0. The van der Waals surface area contributed by atoms with Crippen molar-refractivity contribution in [1.82, 2.24) is 0 Å². The van der Waals surface area contributed by atoms with Crippen LogP contribution in [0.5, 0.6) is 5.75 Å². The van der Waals surface area contributed by atoms with Crippen LogP contribution in [0.3, 0.4) is 0 Å². The third kappa shape index (κ3) is 2.11. The summed E-state index contributed by atoms with van der Waals surface area (Å²) in [5, 5.41) is 8.78. The molecule has 2 N–H and O–H groups in total. The first kappa shape index (κ1) is 11.9. The van der Waals surface area contributed by atoms with Gasteiger partial charge in [-0.25, -0.2) is 4.39 Å². The largest absolute Gasteiger partial charge is 0.486 e. The van der Waals surface area contributed by atoms with Crippen LogP contribution in [-0.4, -0.2) is 5.60 Å². The van der Waals surface area contributed by atoms with Crippen molar-refractivity contribution >= 4 is 0 Å². The molecule has 0 aromatic heterocycles. The SMILES string of the molecule is CC(N)c1cc(F)cc2c1O[C@@](C)(CC#N)C2. The van der Waals surface area contributed by atoms with E-state index in [1.807, 2.05) is 6.92 Å². The lowest BCUT2D eigenvalue weighted by atomic mass is 9.95. The predicted molar refractivity (Wildman–Crippen MR) is 62.0 cm³/mol. The quantitative estimate of drug-likeness (QED) is 0.855. The van der Waals surface area contributed by atoms with Gasteiger partial charge in [0.1, 0.15) is 17.2 Å². The third-order valence-corrected chi connectivity index (χ3v) is 3.02. The summed E-state index contributed by atoms with van der Waals surface area (Å²) in [6, 6.07) is 4.68. The minimum absolute atomic E-state index is 0.279. The molecule has 90 valence electrons. The molecular formula is C13H15FN2O. The Kier molecular flexibility index (Phi) is 2.80. The van der Waals surface area contributed by atoms with E-state index in [0.717, 1.165) is 5.56 Å². The number of hydrogen-bond donors (Lipinski definition) is 1. The Morgan fingerprint density at radius 2 is 2.35 bits per heavy atom. The highest BCUT2D eigenvalue weighted by molar-refractivity contribution is 5.47. The van der Waals surface area contributed by atoms with Crippen LogP contribution in [0, 0.1) is 17.1 Å². The Bertz CT molecular complexity index is 493. The van der Waals surface area contributed by atoms with Gasteiger partial charge in [-0.05, 0) is 26.0 Å². The zero-order valence-electron chi connectivity index (χ0n) is 9.96. The van der Waals surface area contributed by atoms with Crippen LogP contribution in [0.4, 0.5) is 4.39 Å². The molecular weight excluding hydrogens is 219 g/mol. The van der Waals surface area contributed by atoms with Gasteiger partial charge in [0.2, 0.25) is 0 Å². The smallest absolute Gasteiger partial charge is 0.128 e. The van der Waals surface area contributed by atoms with Gasteiger partial charge in [-0.3, -0.25) is 0 Å². The molecule has 1 unspecified atom stereocenters. The molecule has 0 radical (unpaired) electrons. The Hall–Kier alpha value is -1.60. The number of ether oxygens (including phenoxy) is 1. The minimum atomic E-state index is -0.561. The van der Waals surface area contributed by atoms with Crippen LogP contribution in [0.15, 0.2) is 12.1 Å². The summed E-state index contributed by atoms with van der Waals surface area (Å²) in [5.41, 5.74) is 6.71. The van der Waals surface area contributed by atoms with Crippen LogP contribution in [0.2, 0.25) is 0 Å². The van der Waals surface area contributed by atoms with Gasteiger partial charge in [0.05, 0.1) is 12.5 Å². The van der Waals surface area contributed by atoms with Crippen molar-refractivity contribution in [2.24, 2.45) is 5.73 Å². The van der Waals surface area contributed by atoms with Gasteiger partial charge < -0.3 is 10.5 Å². The number of rotatable bonds is 2. The van der Waals surface area contributed by atoms with Crippen molar-refractivity contribution in [3.05, 3.63) is 29.1 Å². The highest BCUT2D eigenvalue weighted by Crippen LogP contribution is 2.41. The van der Waals surface area contributed by atoms with E-state index in [2.05, 4.69) is 6.07 Å². The zero-order valence-corrected chi connectivity index (χ0v) is 9.96. The number of benzene rings is 1. The maximum absolute atomic E-state index is 13.4. The molecule has 1 aliphatic heterocycles. The maximum Gasteiger partial charge on any atom is 0.128 e. The summed E-state index contributed by atoms with van der Waals surface area (Å²) in [5.74, 6) is 0.347. The first-order chi connectivity index (χ1) is 7.95. The van der Waals surface area contributed by atoms with Crippen molar-refractivity contribution in [1.29, 1.82) is 5.26 Å². The van der Waals surface area contributed by atoms with E-state index in [0.29, 0.717) is 17.7 Å². The van der Waals surface area contributed by atoms with Gasteiger partial charge in [-0.15, -0.1) is 0 Å². The highest BCUT2D eigenvalue weighted by Gasteiger charge is 2.36. The molecule has 1 heterocycles. The van der Waals surface area contributed by atoms with E-state index in [4.69, 9.17) is 15.7 Å². The second kappa shape index (κ2) is 4.01. The molecule has 0 saturated carbocycles. The standard InChI is InChI=1S/C13H15FN2O/c1-8(16)11-6-10(14)5-9-7-13(2,3-4-15)17-12(9)11/h5-6,8H,3,7,16H2,1-2H3/t8?,13-/m0/s1.